The van der Waals surface area contributed by atoms with Crippen LogP contribution in [0, 0.1) is 0 Å². The van der Waals surface area contributed by atoms with E-state index in [1.165, 1.54) is 6.26 Å². The summed E-state index contributed by atoms with van der Waals surface area (Å²) < 4.78 is 15.7. The van der Waals surface area contributed by atoms with Crippen LogP contribution in [0.4, 0.5) is 5.69 Å². The Morgan fingerprint density at radius 3 is 2.42 bits per heavy atom. The van der Waals surface area contributed by atoms with Crippen LogP contribution in [0.15, 0.2) is 65.3 Å². The predicted molar refractivity (Wildman–Crippen MR) is 91.6 cm³/mol. The molecule has 2 aromatic carbocycles. The summed E-state index contributed by atoms with van der Waals surface area (Å²) in [6.07, 6.45) is 1.46. The van der Waals surface area contributed by atoms with E-state index in [9.17, 15) is 4.79 Å². The van der Waals surface area contributed by atoms with Gasteiger partial charge in [-0.1, -0.05) is 12.1 Å². The molecule has 0 bridgehead atoms. The largest absolute Gasteiger partial charge is 0.497 e. The van der Waals surface area contributed by atoms with Crippen LogP contribution in [0.3, 0.4) is 0 Å². The minimum Gasteiger partial charge on any atom is -0.497 e. The van der Waals surface area contributed by atoms with Crippen LogP contribution in [0.25, 0.3) is 11.1 Å². The standard InChI is InChI=1S/C19H17NO4/c1-22-15-8-5-13(6-9-15)16-12-14(7-10-17(16)23-2)20-19(21)18-4-3-11-24-18/h3-12H,1-2H3,(H,20,21). The zero-order valence-corrected chi connectivity index (χ0v) is 13.4. The lowest BCUT2D eigenvalue weighted by Crippen LogP contribution is -2.10. The fourth-order valence-corrected chi connectivity index (χ4v) is 2.38. The zero-order chi connectivity index (χ0) is 16.9. The van der Waals surface area contributed by atoms with Crippen molar-refractivity contribution in [2.24, 2.45) is 0 Å². The van der Waals surface area contributed by atoms with E-state index in [4.69, 9.17) is 13.9 Å². The SMILES string of the molecule is COc1ccc(-c2cc(NC(=O)c3ccco3)ccc2OC)cc1. The molecule has 5 nitrogen and oxygen atoms in total. The van der Waals surface area contributed by atoms with Gasteiger partial charge in [0, 0.05) is 11.3 Å². The number of furan rings is 1. The summed E-state index contributed by atoms with van der Waals surface area (Å²) in [7, 11) is 3.24. The molecule has 1 aromatic heterocycles. The maximum Gasteiger partial charge on any atom is 0.291 e. The van der Waals surface area contributed by atoms with Crippen LogP contribution in [-0.2, 0) is 0 Å². The van der Waals surface area contributed by atoms with Gasteiger partial charge >= 0.3 is 0 Å². The highest BCUT2D eigenvalue weighted by Crippen LogP contribution is 2.33. The Morgan fingerprint density at radius 1 is 1.00 bits per heavy atom. The Kier molecular flexibility index (Phi) is 4.52. The lowest BCUT2D eigenvalue weighted by molar-refractivity contribution is 0.0996. The summed E-state index contributed by atoms with van der Waals surface area (Å²) in [6.45, 7) is 0. The number of hydrogen-bond acceptors (Lipinski definition) is 4. The molecule has 3 rings (SSSR count). The summed E-state index contributed by atoms with van der Waals surface area (Å²) in [4.78, 5) is 12.1. The molecule has 1 amide bonds. The van der Waals surface area contributed by atoms with Gasteiger partial charge < -0.3 is 19.2 Å². The first-order chi connectivity index (χ1) is 11.7. The third-order valence-corrected chi connectivity index (χ3v) is 3.60. The maximum absolute atomic E-state index is 12.1. The number of methoxy groups -OCH3 is 2. The quantitative estimate of drug-likeness (QED) is 0.764. The molecule has 0 saturated carbocycles. The molecular weight excluding hydrogens is 306 g/mol. The van der Waals surface area contributed by atoms with Crippen molar-refractivity contribution < 1.29 is 18.7 Å². The van der Waals surface area contributed by atoms with E-state index in [2.05, 4.69) is 5.32 Å². The van der Waals surface area contributed by atoms with E-state index in [-0.39, 0.29) is 11.7 Å². The first-order valence-electron chi connectivity index (χ1n) is 7.38. The maximum atomic E-state index is 12.1. The molecule has 1 N–H and O–H groups in total. The van der Waals surface area contributed by atoms with E-state index in [1.807, 2.05) is 36.4 Å². The molecule has 0 atom stereocenters. The van der Waals surface area contributed by atoms with Crippen molar-refractivity contribution in [1.82, 2.24) is 0 Å². The smallest absolute Gasteiger partial charge is 0.291 e. The molecule has 24 heavy (non-hydrogen) atoms. The molecule has 122 valence electrons. The normalized spacial score (nSPS) is 10.2. The van der Waals surface area contributed by atoms with Crippen molar-refractivity contribution in [3.05, 3.63) is 66.6 Å². The van der Waals surface area contributed by atoms with Gasteiger partial charge in [0.2, 0.25) is 0 Å². The molecule has 0 spiro atoms. The molecular formula is C19H17NO4. The van der Waals surface area contributed by atoms with E-state index < -0.39 is 0 Å². The van der Waals surface area contributed by atoms with Gasteiger partial charge in [0.15, 0.2) is 5.76 Å². The Bertz CT molecular complexity index is 823. The molecule has 0 aliphatic rings. The van der Waals surface area contributed by atoms with Gasteiger partial charge in [-0.05, 0) is 48.0 Å². The highest BCUT2D eigenvalue weighted by Gasteiger charge is 2.12. The van der Waals surface area contributed by atoms with Gasteiger partial charge in [-0.3, -0.25) is 4.79 Å². The average Bonchev–Trinajstić information content (AvgIpc) is 3.16. The number of ether oxygens (including phenoxy) is 2. The van der Waals surface area contributed by atoms with E-state index >= 15 is 0 Å². The first-order valence-corrected chi connectivity index (χ1v) is 7.38. The molecule has 0 unspecified atom stereocenters. The highest BCUT2D eigenvalue weighted by atomic mass is 16.5. The van der Waals surface area contributed by atoms with E-state index in [0.717, 1.165) is 22.6 Å². The Balaban J connectivity index is 1.91. The summed E-state index contributed by atoms with van der Waals surface area (Å²) >= 11 is 0. The molecule has 0 saturated heterocycles. The number of rotatable bonds is 5. The fourth-order valence-electron chi connectivity index (χ4n) is 2.38. The van der Waals surface area contributed by atoms with Crippen molar-refractivity contribution >= 4 is 11.6 Å². The van der Waals surface area contributed by atoms with Crippen molar-refractivity contribution in [1.29, 1.82) is 0 Å². The van der Waals surface area contributed by atoms with Gasteiger partial charge in [-0.2, -0.15) is 0 Å². The van der Waals surface area contributed by atoms with Crippen molar-refractivity contribution in [3.63, 3.8) is 0 Å². The molecule has 3 aromatic rings. The molecule has 1 heterocycles. The van der Waals surface area contributed by atoms with Crippen LogP contribution >= 0.6 is 0 Å². The van der Waals surface area contributed by atoms with Crippen LogP contribution in [0.5, 0.6) is 11.5 Å². The second-order valence-corrected chi connectivity index (χ2v) is 5.07. The van der Waals surface area contributed by atoms with Crippen LogP contribution in [0.1, 0.15) is 10.6 Å². The Morgan fingerprint density at radius 2 is 1.79 bits per heavy atom. The number of amides is 1. The highest BCUT2D eigenvalue weighted by molar-refractivity contribution is 6.02. The summed E-state index contributed by atoms with van der Waals surface area (Å²) in [5.41, 5.74) is 2.49. The number of carbonyl (C=O) groups excluding carboxylic acids is 1. The third kappa shape index (κ3) is 3.25. The first kappa shape index (κ1) is 15.7. The van der Waals surface area contributed by atoms with Crippen molar-refractivity contribution in [2.75, 3.05) is 19.5 Å². The van der Waals surface area contributed by atoms with Crippen LogP contribution in [0.2, 0.25) is 0 Å². The lowest BCUT2D eigenvalue weighted by Gasteiger charge is -2.12. The van der Waals surface area contributed by atoms with E-state index in [1.54, 1.807) is 32.4 Å². The fraction of sp³-hybridized carbons (Fsp3) is 0.105. The number of carbonyl (C=O) groups is 1. The van der Waals surface area contributed by atoms with Crippen molar-refractivity contribution in [3.8, 4) is 22.6 Å². The number of nitrogens with one attached hydrogen (secondary N) is 1. The molecule has 0 fully saturated rings. The summed E-state index contributed by atoms with van der Waals surface area (Å²) in [6, 6.07) is 16.4. The molecule has 0 aliphatic carbocycles. The second kappa shape index (κ2) is 6.91. The van der Waals surface area contributed by atoms with Gasteiger partial charge in [-0.25, -0.2) is 0 Å². The number of benzene rings is 2. The van der Waals surface area contributed by atoms with Gasteiger partial charge in [0.05, 0.1) is 20.5 Å². The minimum atomic E-state index is -0.300. The molecule has 0 aliphatic heterocycles. The molecule has 5 heteroatoms. The van der Waals surface area contributed by atoms with Gasteiger partial charge in [-0.15, -0.1) is 0 Å². The number of anilines is 1. The minimum absolute atomic E-state index is 0.261. The average molecular weight is 323 g/mol. The third-order valence-electron chi connectivity index (χ3n) is 3.60. The second-order valence-electron chi connectivity index (χ2n) is 5.07. The predicted octanol–water partition coefficient (Wildman–Crippen LogP) is 4.22. The monoisotopic (exact) mass is 323 g/mol. The van der Waals surface area contributed by atoms with E-state index in [0.29, 0.717) is 5.69 Å². The lowest BCUT2D eigenvalue weighted by atomic mass is 10.0. The zero-order valence-electron chi connectivity index (χ0n) is 13.4. The number of hydrogen-bond donors (Lipinski definition) is 1. The summed E-state index contributed by atoms with van der Waals surface area (Å²) in [5.74, 6) is 1.46. The topological polar surface area (TPSA) is 60.7 Å². The van der Waals surface area contributed by atoms with Crippen molar-refractivity contribution in [2.45, 2.75) is 0 Å². The summed E-state index contributed by atoms with van der Waals surface area (Å²) in [5, 5.41) is 2.82. The molecule has 0 radical (unpaired) electrons. The van der Waals surface area contributed by atoms with Crippen LogP contribution in [-0.4, -0.2) is 20.1 Å². The van der Waals surface area contributed by atoms with Crippen LogP contribution < -0.4 is 14.8 Å². The Labute approximate surface area is 139 Å². The van der Waals surface area contributed by atoms with Gasteiger partial charge in [0.1, 0.15) is 11.5 Å². The Hall–Kier alpha value is -3.21. The van der Waals surface area contributed by atoms with Gasteiger partial charge in [0.25, 0.3) is 5.91 Å².